The van der Waals surface area contributed by atoms with E-state index in [9.17, 15) is 18.3 Å². The molecule has 2 fully saturated rings. The molecule has 4 rings (SSSR count). The number of thiazole rings is 1. The van der Waals surface area contributed by atoms with E-state index in [1.165, 1.54) is 17.4 Å². The summed E-state index contributed by atoms with van der Waals surface area (Å²) in [5.41, 5.74) is -0.152. The number of halogens is 3. The van der Waals surface area contributed by atoms with Gasteiger partial charge in [-0.3, -0.25) is 4.90 Å². The van der Waals surface area contributed by atoms with Gasteiger partial charge in [-0.25, -0.2) is 9.97 Å². The first-order valence-corrected chi connectivity index (χ1v) is 10.9. The third-order valence-corrected chi connectivity index (χ3v) is 6.73. The Labute approximate surface area is 177 Å². The van der Waals surface area contributed by atoms with Gasteiger partial charge in [-0.1, -0.05) is 0 Å². The molecule has 0 aliphatic carbocycles. The molecule has 2 aliphatic heterocycles. The van der Waals surface area contributed by atoms with Gasteiger partial charge in [0.05, 0.1) is 5.56 Å². The summed E-state index contributed by atoms with van der Waals surface area (Å²) in [4.78, 5) is 14.2. The first-order valence-electron chi connectivity index (χ1n) is 10.0. The molecule has 0 aromatic carbocycles. The first kappa shape index (κ1) is 21.3. The number of nitrogens with one attached hydrogen (secondary N) is 1. The molecule has 2 unspecified atom stereocenters. The molecule has 0 radical (unpaired) electrons. The number of pyridine rings is 1. The van der Waals surface area contributed by atoms with Crippen LogP contribution < -0.4 is 10.2 Å². The highest BCUT2D eigenvalue weighted by atomic mass is 32.1. The largest absolute Gasteiger partial charge is 0.416 e. The normalized spacial score (nSPS) is 23.5. The predicted molar refractivity (Wildman–Crippen MR) is 111 cm³/mol. The van der Waals surface area contributed by atoms with Gasteiger partial charge in [0, 0.05) is 48.4 Å². The number of nitrogens with zero attached hydrogens (tertiary/aromatic N) is 4. The minimum Gasteiger partial charge on any atom is -0.374 e. The lowest BCUT2D eigenvalue weighted by atomic mass is 9.86. The van der Waals surface area contributed by atoms with Crippen LogP contribution in [0.1, 0.15) is 35.9 Å². The molecular weight excluding hydrogens is 415 g/mol. The van der Waals surface area contributed by atoms with Crippen LogP contribution in [0.4, 0.5) is 24.1 Å². The number of alkyl halides is 3. The van der Waals surface area contributed by atoms with E-state index < -0.39 is 18.0 Å². The third-order valence-electron chi connectivity index (χ3n) is 5.81. The molecule has 2 aromatic rings. The summed E-state index contributed by atoms with van der Waals surface area (Å²) in [6.45, 7) is 7.38. The summed E-state index contributed by atoms with van der Waals surface area (Å²) in [6, 6.07) is 2.27. The van der Waals surface area contributed by atoms with E-state index in [4.69, 9.17) is 0 Å². The number of hydrogen-bond donors (Lipinski definition) is 2. The lowest BCUT2D eigenvalue weighted by Gasteiger charge is -2.25. The molecule has 2 saturated heterocycles. The first-order chi connectivity index (χ1) is 14.1. The molecule has 0 amide bonds. The van der Waals surface area contributed by atoms with Gasteiger partial charge >= 0.3 is 6.18 Å². The number of anilines is 2. The summed E-state index contributed by atoms with van der Waals surface area (Å²) in [6.07, 6.45) is -1.19. The van der Waals surface area contributed by atoms with Crippen molar-refractivity contribution in [3.8, 4) is 0 Å². The Hall–Kier alpha value is -1.91. The Morgan fingerprint density at radius 2 is 2.03 bits per heavy atom. The molecule has 30 heavy (non-hydrogen) atoms. The van der Waals surface area contributed by atoms with Crippen LogP contribution in [0.25, 0.3) is 0 Å². The van der Waals surface area contributed by atoms with Crippen molar-refractivity contribution in [1.82, 2.24) is 14.9 Å². The number of likely N-dealkylation sites (tertiary alicyclic amines) is 1. The van der Waals surface area contributed by atoms with E-state index in [1.54, 1.807) is 13.8 Å². The van der Waals surface area contributed by atoms with Crippen LogP contribution in [0, 0.1) is 12.3 Å². The number of hydrogen-bond acceptors (Lipinski definition) is 7. The van der Waals surface area contributed by atoms with Crippen LogP contribution in [0.2, 0.25) is 0 Å². The van der Waals surface area contributed by atoms with Crippen LogP contribution in [0.15, 0.2) is 18.3 Å². The molecule has 2 aliphatic rings. The minimum atomic E-state index is -4.36. The smallest absolute Gasteiger partial charge is 0.374 e. The predicted octanol–water partition coefficient (Wildman–Crippen LogP) is 3.72. The van der Waals surface area contributed by atoms with Crippen LogP contribution in [0.3, 0.4) is 0 Å². The standard InChI is InChI=1S/C20H26F3N5OS/c1-13-7-15(20(21,22)23)8-17(25-13)28-6-4-19(12-28)3-5-27(11-19)10-16-9-24-18(30-16)26-14(2)29/h7-9,14,29H,3-6,10-12H2,1-2H3,(H,24,26). The van der Waals surface area contributed by atoms with E-state index in [2.05, 4.69) is 20.2 Å². The molecular formula is C20H26F3N5OS. The van der Waals surface area contributed by atoms with E-state index in [-0.39, 0.29) is 5.41 Å². The molecule has 164 valence electrons. The zero-order chi connectivity index (χ0) is 21.5. The number of aliphatic hydroxyl groups excluding tert-OH is 1. The van der Waals surface area contributed by atoms with Crippen molar-refractivity contribution in [3.05, 3.63) is 34.5 Å². The average molecular weight is 442 g/mol. The zero-order valence-electron chi connectivity index (χ0n) is 17.0. The number of aryl methyl sites for hydroxylation is 1. The van der Waals surface area contributed by atoms with Crippen molar-refractivity contribution in [3.63, 3.8) is 0 Å². The Balaban J connectivity index is 1.40. The van der Waals surface area contributed by atoms with Gasteiger partial charge in [0.1, 0.15) is 12.0 Å². The topological polar surface area (TPSA) is 64.5 Å². The second-order valence-electron chi connectivity index (χ2n) is 8.44. The van der Waals surface area contributed by atoms with Gasteiger partial charge in [0.2, 0.25) is 0 Å². The number of aromatic nitrogens is 2. The highest BCUT2D eigenvalue weighted by Gasteiger charge is 2.44. The van der Waals surface area contributed by atoms with Gasteiger partial charge < -0.3 is 15.3 Å². The van der Waals surface area contributed by atoms with Crippen molar-refractivity contribution in [2.75, 3.05) is 36.4 Å². The quantitative estimate of drug-likeness (QED) is 0.690. The molecule has 1 spiro atoms. The summed E-state index contributed by atoms with van der Waals surface area (Å²) in [5.74, 6) is 0.425. The van der Waals surface area contributed by atoms with Gasteiger partial charge in [-0.2, -0.15) is 13.2 Å². The minimum absolute atomic E-state index is 0.0925. The Bertz CT molecular complexity index is 903. The molecule has 2 aromatic heterocycles. The van der Waals surface area contributed by atoms with Crippen molar-refractivity contribution in [1.29, 1.82) is 0 Å². The van der Waals surface area contributed by atoms with E-state index in [1.807, 2.05) is 11.1 Å². The van der Waals surface area contributed by atoms with E-state index >= 15 is 0 Å². The zero-order valence-corrected chi connectivity index (χ0v) is 17.9. The van der Waals surface area contributed by atoms with E-state index in [0.29, 0.717) is 16.6 Å². The maximum atomic E-state index is 13.2. The molecule has 2 N–H and O–H groups in total. The lowest BCUT2D eigenvalue weighted by Crippen LogP contribution is -2.31. The van der Waals surface area contributed by atoms with Gasteiger partial charge in [-0.15, -0.1) is 11.3 Å². The average Bonchev–Trinajstić information content (AvgIpc) is 3.36. The summed E-state index contributed by atoms with van der Waals surface area (Å²) < 4.78 is 39.6. The molecule has 10 heteroatoms. The Morgan fingerprint density at radius 3 is 2.77 bits per heavy atom. The van der Waals surface area contributed by atoms with Crippen molar-refractivity contribution < 1.29 is 18.3 Å². The van der Waals surface area contributed by atoms with Gasteiger partial charge in [0.25, 0.3) is 0 Å². The highest BCUT2D eigenvalue weighted by molar-refractivity contribution is 7.15. The Morgan fingerprint density at radius 1 is 1.27 bits per heavy atom. The fourth-order valence-electron chi connectivity index (χ4n) is 4.45. The summed E-state index contributed by atoms with van der Waals surface area (Å²) >= 11 is 1.53. The number of rotatable bonds is 5. The fourth-order valence-corrected chi connectivity index (χ4v) is 5.39. The second kappa shape index (κ2) is 7.97. The van der Waals surface area contributed by atoms with Gasteiger partial charge in [0.15, 0.2) is 5.13 Å². The Kier molecular flexibility index (Phi) is 5.67. The van der Waals surface area contributed by atoms with Crippen LogP contribution in [-0.4, -0.2) is 52.4 Å². The fraction of sp³-hybridized carbons (Fsp3) is 0.600. The third kappa shape index (κ3) is 4.70. The van der Waals surface area contributed by atoms with Crippen LogP contribution in [-0.2, 0) is 12.7 Å². The second-order valence-corrected chi connectivity index (χ2v) is 9.55. The maximum Gasteiger partial charge on any atom is 0.416 e. The SMILES string of the molecule is Cc1cc(C(F)(F)F)cc(N2CCC3(CCN(Cc4cnc(NC(C)O)s4)C3)C2)n1. The van der Waals surface area contributed by atoms with Crippen LogP contribution in [0.5, 0.6) is 0 Å². The maximum absolute atomic E-state index is 13.2. The summed E-state index contributed by atoms with van der Waals surface area (Å²) in [5, 5.41) is 13.0. The van der Waals surface area contributed by atoms with Gasteiger partial charge in [-0.05, 0) is 45.4 Å². The molecule has 0 bridgehead atoms. The summed E-state index contributed by atoms with van der Waals surface area (Å²) in [7, 11) is 0. The monoisotopic (exact) mass is 441 g/mol. The van der Waals surface area contributed by atoms with Crippen LogP contribution >= 0.6 is 11.3 Å². The molecule has 0 saturated carbocycles. The highest BCUT2D eigenvalue weighted by Crippen LogP contribution is 2.42. The lowest BCUT2D eigenvalue weighted by molar-refractivity contribution is -0.137. The molecule has 2 atom stereocenters. The number of aliphatic hydroxyl groups is 1. The van der Waals surface area contributed by atoms with Crippen molar-refractivity contribution >= 4 is 22.3 Å². The van der Waals surface area contributed by atoms with Crippen molar-refractivity contribution in [2.24, 2.45) is 5.41 Å². The molecule has 6 nitrogen and oxygen atoms in total. The molecule has 4 heterocycles. The van der Waals surface area contributed by atoms with E-state index in [0.717, 1.165) is 56.5 Å². The van der Waals surface area contributed by atoms with Crippen molar-refractivity contribution in [2.45, 2.75) is 45.6 Å².